The number of carbonyl (C=O) groups excluding carboxylic acids is 3. The summed E-state index contributed by atoms with van der Waals surface area (Å²) in [5.41, 5.74) is 0. The molecule has 4 nitrogen and oxygen atoms in total. The highest BCUT2D eigenvalue weighted by Gasteiger charge is 2.31. The standard InChI is InChI=1S/C8H11NO3/c1-4-3-6(10)5(2)8(12)9-7(4)11/h4-5H,3H2,1-2H3,(H,9,11,12). The van der Waals surface area contributed by atoms with E-state index in [0.717, 1.165) is 0 Å². The normalized spacial score (nSPS) is 31.3. The van der Waals surface area contributed by atoms with E-state index in [-0.39, 0.29) is 24.0 Å². The van der Waals surface area contributed by atoms with Gasteiger partial charge in [-0.3, -0.25) is 19.7 Å². The third kappa shape index (κ3) is 1.52. The lowest BCUT2D eigenvalue weighted by molar-refractivity contribution is -0.134. The fourth-order valence-electron chi connectivity index (χ4n) is 1.07. The van der Waals surface area contributed by atoms with Crippen molar-refractivity contribution >= 4 is 17.6 Å². The fourth-order valence-corrected chi connectivity index (χ4v) is 1.07. The Bertz CT molecular complexity index is 247. The van der Waals surface area contributed by atoms with Crippen LogP contribution >= 0.6 is 0 Å². The molecule has 2 unspecified atom stereocenters. The maximum absolute atomic E-state index is 11.2. The average molecular weight is 169 g/mol. The highest BCUT2D eigenvalue weighted by atomic mass is 16.2. The third-order valence-corrected chi connectivity index (χ3v) is 2.08. The zero-order valence-corrected chi connectivity index (χ0v) is 7.09. The predicted molar refractivity (Wildman–Crippen MR) is 41.1 cm³/mol. The smallest absolute Gasteiger partial charge is 0.236 e. The predicted octanol–water partition coefficient (Wildman–Crippen LogP) is -0.126. The molecular weight excluding hydrogens is 158 g/mol. The van der Waals surface area contributed by atoms with Gasteiger partial charge >= 0.3 is 0 Å². The zero-order chi connectivity index (χ0) is 9.30. The van der Waals surface area contributed by atoms with Crippen molar-refractivity contribution in [3.8, 4) is 0 Å². The number of hydrogen-bond donors (Lipinski definition) is 1. The topological polar surface area (TPSA) is 63.2 Å². The maximum atomic E-state index is 11.2. The molecule has 1 aliphatic rings. The largest absolute Gasteiger partial charge is 0.299 e. The minimum Gasteiger partial charge on any atom is -0.299 e. The highest BCUT2D eigenvalue weighted by molar-refractivity contribution is 6.10. The van der Waals surface area contributed by atoms with Crippen LogP contribution in [0.3, 0.4) is 0 Å². The summed E-state index contributed by atoms with van der Waals surface area (Å²) in [5.74, 6) is -2.05. The Morgan fingerprint density at radius 1 is 1.17 bits per heavy atom. The molecule has 1 rings (SSSR count). The van der Waals surface area contributed by atoms with Crippen LogP contribution in [0.15, 0.2) is 0 Å². The Morgan fingerprint density at radius 2 is 1.75 bits per heavy atom. The van der Waals surface area contributed by atoms with Crippen molar-refractivity contribution in [1.29, 1.82) is 0 Å². The van der Waals surface area contributed by atoms with E-state index in [2.05, 4.69) is 5.32 Å². The molecule has 1 fully saturated rings. The van der Waals surface area contributed by atoms with Gasteiger partial charge in [-0.25, -0.2) is 0 Å². The molecule has 0 aromatic carbocycles. The average Bonchev–Trinajstić information content (AvgIpc) is 2.07. The van der Waals surface area contributed by atoms with E-state index < -0.39 is 11.8 Å². The van der Waals surface area contributed by atoms with Gasteiger partial charge in [0.15, 0.2) is 0 Å². The molecule has 2 atom stereocenters. The van der Waals surface area contributed by atoms with Crippen LogP contribution in [-0.4, -0.2) is 17.6 Å². The van der Waals surface area contributed by atoms with Crippen molar-refractivity contribution in [3.63, 3.8) is 0 Å². The second-order valence-electron chi connectivity index (χ2n) is 3.15. The first-order valence-corrected chi connectivity index (χ1v) is 3.89. The summed E-state index contributed by atoms with van der Waals surface area (Å²) in [6.45, 7) is 3.15. The molecule has 12 heavy (non-hydrogen) atoms. The van der Waals surface area contributed by atoms with Crippen molar-refractivity contribution in [2.24, 2.45) is 11.8 Å². The van der Waals surface area contributed by atoms with E-state index in [0.29, 0.717) is 0 Å². The number of imide groups is 1. The van der Waals surface area contributed by atoms with Gasteiger partial charge in [0.2, 0.25) is 11.8 Å². The van der Waals surface area contributed by atoms with Gasteiger partial charge in [0.25, 0.3) is 0 Å². The monoisotopic (exact) mass is 169 g/mol. The van der Waals surface area contributed by atoms with E-state index in [4.69, 9.17) is 0 Å². The van der Waals surface area contributed by atoms with Gasteiger partial charge in [0.1, 0.15) is 5.78 Å². The number of rotatable bonds is 0. The Morgan fingerprint density at radius 3 is 2.33 bits per heavy atom. The number of hydrogen-bond acceptors (Lipinski definition) is 3. The van der Waals surface area contributed by atoms with Crippen LogP contribution in [0.1, 0.15) is 20.3 Å². The molecule has 1 saturated heterocycles. The van der Waals surface area contributed by atoms with Crippen LogP contribution in [0.4, 0.5) is 0 Å². The molecule has 66 valence electrons. The summed E-state index contributed by atoms with van der Waals surface area (Å²) in [6.07, 6.45) is 0.165. The minimum absolute atomic E-state index is 0.161. The molecule has 0 bridgehead atoms. The molecular formula is C8H11NO3. The van der Waals surface area contributed by atoms with E-state index >= 15 is 0 Å². The van der Waals surface area contributed by atoms with E-state index in [9.17, 15) is 14.4 Å². The summed E-state index contributed by atoms with van der Waals surface area (Å²) < 4.78 is 0. The Hall–Kier alpha value is -1.19. The van der Waals surface area contributed by atoms with Crippen LogP contribution in [-0.2, 0) is 14.4 Å². The first kappa shape index (κ1) is 8.90. The van der Waals surface area contributed by atoms with Gasteiger partial charge in [-0.15, -0.1) is 0 Å². The molecule has 0 aliphatic carbocycles. The molecule has 1 N–H and O–H groups in total. The summed E-state index contributed by atoms with van der Waals surface area (Å²) in [4.78, 5) is 33.2. The van der Waals surface area contributed by atoms with Crippen molar-refractivity contribution < 1.29 is 14.4 Å². The highest BCUT2D eigenvalue weighted by Crippen LogP contribution is 2.13. The number of amides is 2. The first-order chi connectivity index (χ1) is 5.52. The van der Waals surface area contributed by atoms with Crippen LogP contribution in [0.25, 0.3) is 0 Å². The second-order valence-corrected chi connectivity index (χ2v) is 3.15. The minimum atomic E-state index is -0.682. The Labute approximate surface area is 70.3 Å². The lowest BCUT2D eigenvalue weighted by Gasteiger charge is -2.02. The van der Waals surface area contributed by atoms with Crippen molar-refractivity contribution in [3.05, 3.63) is 0 Å². The second kappa shape index (κ2) is 3.05. The van der Waals surface area contributed by atoms with E-state index in [1.807, 2.05) is 0 Å². The molecule has 0 spiro atoms. The van der Waals surface area contributed by atoms with E-state index in [1.165, 1.54) is 6.92 Å². The number of ketones is 1. The number of Topliss-reactive ketones (excluding diaryl/α,β-unsaturated/α-hetero) is 1. The fraction of sp³-hybridized carbons (Fsp3) is 0.625. The molecule has 0 radical (unpaired) electrons. The molecule has 4 heteroatoms. The molecule has 0 saturated carbocycles. The Kier molecular flexibility index (Phi) is 2.26. The van der Waals surface area contributed by atoms with Crippen LogP contribution in [0.5, 0.6) is 0 Å². The molecule has 1 aliphatic heterocycles. The first-order valence-electron chi connectivity index (χ1n) is 3.89. The lowest BCUT2D eigenvalue weighted by atomic mass is 9.99. The van der Waals surface area contributed by atoms with Crippen LogP contribution in [0, 0.1) is 11.8 Å². The van der Waals surface area contributed by atoms with Gasteiger partial charge in [-0.05, 0) is 6.92 Å². The van der Waals surface area contributed by atoms with Gasteiger partial charge in [0.05, 0.1) is 5.92 Å². The van der Waals surface area contributed by atoms with Crippen LogP contribution in [0.2, 0.25) is 0 Å². The van der Waals surface area contributed by atoms with Crippen molar-refractivity contribution in [2.45, 2.75) is 20.3 Å². The lowest BCUT2D eigenvalue weighted by Crippen LogP contribution is -2.35. The quantitative estimate of drug-likeness (QED) is 0.406. The summed E-state index contributed by atoms with van der Waals surface area (Å²) in [6, 6.07) is 0. The van der Waals surface area contributed by atoms with Gasteiger partial charge in [0, 0.05) is 12.3 Å². The molecule has 0 aromatic rings. The summed E-state index contributed by atoms with van der Waals surface area (Å²) in [5, 5.41) is 2.17. The summed E-state index contributed by atoms with van der Waals surface area (Å²) >= 11 is 0. The summed E-state index contributed by atoms with van der Waals surface area (Å²) in [7, 11) is 0. The molecule has 0 aromatic heterocycles. The third-order valence-electron chi connectivity index (χ3n) is 2.08. The Balaban J connectivity index is 2.85. The SMILES string of the molecule is CC1CC(=O)C(C)C(=O)NC1=O. The molecule has 2 amide bonds. The number of carbonyl (C=O) groups is 3. The number of nitrogens with one attached hydrogen (secondary N) is 1. The zero-order valence-electron chi connectivity index (χ0n) is 7.09. The van der Waals surface area contributed by atoms with Crippen molar-refractivity contribution in [2.75, 3.05) is 0 Å². The maximum Gasteiger partial charge on any atom is 0.236 e. The van der Waals surface area contributed by atoms with Gasteiger partial charge in [-0.2, -0.15) is 0 Å². The van der Waals surface area contributed by atoms with Crippen LogP contribution < -0.4 is 5.32 Å². The van der Waals surface area contributed by atoms with Crippen molar-refractivity contribution in [1.82, 2.24) is 5.32 Å². The van der Waals surface area contributed by atoms with Gasteiger partial charge in [-0.1, -0.05) is 6.92 Å². The van der Waals surface area contributed by atoms with E-state index in [1.54, 1.807) is 6.92 Å². The van der Waals surface area contributed by atoms with Gasteiger partial charge < -0.3 is 0 Å². The molecule has 1 heterocycles.